The van der Waals surface area contributed by atoms with Crippen molar-refractivity contribution >= 4 is 15.8 Å². The summed E-state index contributed by atoms with van der Waals surface area (Å²) in [6.07, 6.45) is 4.97. The van der Waals surface area contributed by atoms with Crippen LogP contribution in [0.1, 0.15) is 19.3 Å². The van der Waals surface area contributed by atoms with E-state index in [-0.39, 0.29) is 10.7 Å². The summed E-state index contributed by atoms with van der Waals surface area (Å²) in [5, 5.41) is 3.93. The first-order valence-corrected chi connectivity index (χ1v) is 8.46. The lowest BCUT2D eigenvalue weighted by atomic mass is 10.0. The molecule has 112 valence electrons. The summed E-state index contributed by atoms with van der Waals surface area (Å²) in [4.78, 5) is 2.53. The van der Waals surface area contributed by atoms with Gasteiger partial charge in [0, 0.05) is 38.9 Å². The summed E-state index contributed by atoms with van der Waals surface area (Å²) < 4.78 is 28.3. The number of nitrogens with two attached hydrogens (primary N) is 1. The molecule has 1 aromatic heterocycles. The number of piperidine rings is 1. The van der Waals surface area contributed by atoms with Gasteiger partial charge in [-0.3, -0.25) is 9.58 Å². The van der Waals surface area contributed by atoms with E-state index in [1.807, 2.05) is 0 Å². The van der Waals surface area contributed by atoms with Crippen LogP contribution < -0.4 is 5.73 Å². The monoisotopic (exact) mass is 299 g/mol. The van der Waals surface area contributed by atoms with Crippen molar-refractivity contribution in [1.82, 2.24) is 19.0 Å². The molecule has 1 unspecified atom stereocenters. The molecule has 0 amide bonds. The molecule has 0 bridgehead atoms. The van der Waals surface area contributed by atoms with Gasteiger partial charge in [0.25, 0.3) is 0 Å². The van der Waals surface area contributed by atoms with Gasteiger partial charge in [-0.1, -0.05) is 6.42 Å². The Morgan fingerprint density at radius 1 is 1.30 bits per heavy atom. The van der Waals surface area contributed by atoms with E-state index >= 15 is 0 Å². The summed E-state index contributed by atoms with van der Waals surface area (Å²) in [6.45, 7) is 3.00. The molecule has 2 fully saturated rings. The lowest BCUT2D eigenvalue weighted by Crippen LogP contribution is -2.56. The van der Waals surface area contributed by atoms with E-state index in [1.165, 1.54) is 23.7 Å². The number of aromatic nitrogens is 2. The molecule has 2 aliphatic rings. The fourth-order valence-electron chi connectivity index (χ4n) is 3.17. The zero-order chi connectivity index (χ0) is 14.3. The molecule has 0 aromatic carbocycles. The largest absolute Gasteiger partial charge is 0.381 e. The maximum absolute atomic E-state index is 12.7. The molecule has 1 aromatic rings. The minimum atomic E-state index is -3.52. The van der Waals surface area contributed by atoms with E-state index in [2.05, 4.69) is 10.00 Å². The Bertz CT molecular complexity index is 597. The van der Waals surface area contributed by atoms with Gasteiger partial charge in [-0.15, -0.1) is 0 Å². The van der Waals surface area contributed by atoms with Gasteiger partial charge in [-0.05, 0) is 19.4 Å². The molecule has 0 aliphatic carbocycles. The number of aryl methyl sites for hydroxylation is 1. The number of hydrogen-bond donors (Lipinski definition) is 1. The highest BCUT2D eigenvalue weighted by molar-refractivity contribution is 7.89. The van der Waals surface area contributed by atoms with Crippen LogP contribution in [0.25, 0.3) is 0 Å². The first kappa shape index (κ1) is 13.8. The van der Waals surface area contributed by atoms with Gasteiger partial charge in [0.05, 0.1) is 0 Å². The molecule has 3 heterocycles. The van der Waals surface area contributed by atoms with Crippen molar-refractivity contribution < 1.29 is 8.42 Å². The molecule has 20 heavy (non-hydrogen) atoms. The quantitative estimate of drug-likeness (QED) is 0.822. The third-order valence-corrected chi connectivity index (χ3v) is 6.12. The second-order valence-electron chi connectivity index (χ2n) is 5.60. The average Bonchev–Trinajstić information content (AvgIpc) is 2.78. The fraction of sp³-hybridized carbons (Fsp3) is 0.750. The number of nitrogen functional groups attached to an aromatic ring is 1. The smallest absolute Gasteiger partial charge is 0.248 e. The van der Waals surface area contributed by atoms with E-state index in [0.717, 1.165) is 19.5 Å². The Morgan fingerprint density at radius 2 is 2.10 bits per heavy atom. The maximum Gasteiger partial charge on any atom is 0.248 e. The summed E-state index contributed by atoms with van der Waals surface area (Å²) in [6, 6.07) is 0.352. The van der Waals surface area contributed by atoms with Crippen LogP contribution in [0.4, 0.5) is 5.82 Å². The summed E-state index contributed by atoms with van der Waals surface area (Å²) >= 11 is 0. The Morgan fingerprint density at radius 3 is 2.80 bits per heavy atom. The van der Waals surface area contributed by atoms with Crippen LogP contribution in [-0.4, -0.2) is 59.6 Å². The van der Waals surface area contributed by atoms with Crippen molar-refractivity contribution in [3.63, 3.8) is 0 Å². The van der Waals surface area contributed by atoms with Gasteiger partial charge in [0.1, 0.15) is 4.90 Å². The van der Waals surface area contributed by atoms with Gasteiger partial charge in [0.15, 0.2) is 5.82 Å². The number of sulfonamides is 1. The Kier molecular flexibility index (Phi) is 3.47. The molecule has 0 spiro atoms. The Labute approximate surface area is 119 Å². The zero-order valence-corrected chi connectivity index (χ0v) is 12.5. The van der Waals surface area contributed by atoms with Crippen LogP contribution in [0, 0.1) is 0 Å². The summed E-state index contributed by atoms with van der Waals surface area (Å²) in [5.74, 6) is 0.0820. The van der Waals surface area contributed by atoms with Crippen molar-refractivity contribution in [2.45, 2.75) is 30.2 Å². The second kappa shape index (κ2) is 5.01. The van der Waals surface area contributed by atoms with E-state index in [4.69, 9.17) is 5.73 Å². The standard InChI is InChI=1S/C12H21N5O2S/c1-15-9-11(12(13)14-15)20(18,19)17-7-6-16-5-3-2-4-10(16)8-17/h9-10H,2-8H2,1H3,(H2,13,14). The van der Waals surface area contributed by atoms with Gasteiger partial charge in [-0.2, -0.15) is 9.40 Å². The van der Waals surface area contributed by atoms with Crippen molar-refractivity contribution in [2.75, 3.05) is 31.9 Å². The number of nitrogens with zero attached hydrogens (tertiary/aromatic N) is 4. The molecular weight excluding hydrogens is 278 g/mol. The molecule has 2 saturated heterocycles. The highest BCUT2D eigenvalue weighted by Crippen LogP contribution is 2.27. The van der Waals surface area contributed by atoms with Crippen LogP contribution in [0.2, 0.25) is 0 Å². The number of hydrogen-bond acceptors (Lipinski definition) is 5. The van der Waals surface area contributed by atoms with Crippen LogP contribution in [0.15, 0.2) is 11.1 Å². The molecule has 7 nitrogen and oxygen atoms in total. The van der Waals surface area contributed by atoms with Gasteiger partial charge in [-0.25, -0.2) is 8.42 Å². The van der Waals surface area contributed by atoms with Crippen LogP contribution in [0.3, 0.4) is 0 Å². The topological polar surface area (TPSA) is 84.5 Å². The second-order valence-corrected chi connectivity index (χ2v) is 7.51. The number of piperazine rings is 1. The SMILES string of the molecule is Cn1cc(S(=O)(=O)N2CCN3CCCCC3C2)c(N)n1. The van der Waals surface area contributed by atoms with Crippen LogP contribution in [-0.2, 0) is 17.1 Å². The van der Waals surface area contributed by atoms with Crippen molar-refractivity contribution in [2.24, 2.45) is 7.05 Å². The number of fused-ring (bicyclic) bond motifs is 1. The molecule has 0 radical (unpaired) electrons. The average molecular weight is 299 g/mol. The van der Waals surface area contributed by atoms with Crippen LogP contribution >= 0.6 is 0 Å². The Hall–Kier alpha value is -1.12. The third-order valence-electron chi connectivity index (χ3n) is 4.24. The van der Waals surface area contributed by atoms with Gasteiger partial charge >= 0.3 is 0 Å². The highest BCUT2D eigenvalue weighted by Gasteiger charge is 2.36. The zero-order valence-electron chi connectivity index (χ0n) is 11.7. The molecular formula is C12H21N5O2S. The minimum Gasteiger partial charge on any atom is -0.381 e. The van der Waals surface area contributed by atoms with Gasteiger partial charge in [0.2, 0.25) is 10.0 Å². The summed E-state index contributed by atoms with van der Waals surface area (Å²) in [7, 11) is -1.85. The predicted molar refractivity (Wildman–Crippen MR) is 75.6 cm³/mol. The molecule has 2 aliphatic heterocycles. The first-order valence-electron chi connectivity index (χ1n) is 7.02. The van der Waals surface area contributed by atoms with Crippen LogP contribution in [0.5, 0.6) is 0 Å². The normalized spacial score (nSPS) is 25.6. The fourth-order valence-corrected chi connectivity index (χ4v) is 4.73. The molecule has 2 N–H and O–H groups in total. The van der Waals surface area contributed by atoms with E-state index in [0.29, 0.717) is 19.1 Å². The highest BCUT2D eigenvalue weighted by atomic mass is 32.2. The molecule has 8 heteroatoms. The van der Waals surface area contributed by atoms with Crippen molar-refractivity contribution in [1.29, 1.82) is 0 Å². The maximum atomic E-state index is 12.7. The van der Waals surface area contributed by atoms with E-state index in [1.54, 1.807) is 11.4 Å². The number of rotatable bonds is 2. The van der Waals surface area contributed by atoms with E-state index < -0.39 is 10.0 Å². The van der Waals surface area contributed by atoms with Crippen molar-refractivity contribution in [3.05, 3.63) is 6.20 Å². The first-order chi connectivity index (χ1) is 9.48. The minimum absolute atomic E-state index is 0.0820. The lowest BCUT2D eigenvalue weighted by molar-refractivity contribution is 0.0852. The Balaban J connectivity index is 1.83. The molecule has 1 atom stereocenters. The predicted octanol–water partition coefficient (Wildman–Crippen LogP) is -0.139. The summed E-state index contributed by atoms with van der Waals surface area (Å²) in [5.41, 5.74) is 5.72. The molecule has 0 saturated carbocycles. The lowest BCUT2D eigenvalue weighted by Gasteiger charge is -2.43. The third kappa shape index (κ3) is 2.32. The van der Waals surface area contributed by atoms with Crippen molar-refractivity contribution in [3.8, 4) is 0 Å². The van der Waals surface area contributed by atoms with Gasteiger partial charge < -0.3 is 5.73 Å². The molecule has 3 rings (SSSR count). The number of anilines is 1. The van der Waals surface area contributed by atoms with E-state index in [9.17, 15) is 8.42 Å².